The van der Waals surface area contributed by atoms with E-state index in [1.54, 1.807) is 6.92 Å². The molecular formula is C12H16O3S. The molecule has 0 heterocycles. The van der Waals surface area contributed by atoms with Crippen molar-refractivity contribution in [3.63, 3.8) is 0 Å². The first kappa shape index (κ1) is 13.1. The lowest BCUT2D eigenvalue weighted by Gasteiger charge is -2.23. The predicted molar refractivity (Wildman–Crippen MR) is 65.0 cm³/mol. The van der Waals surface area contributed by atoms with Crippen molar-refractivity contribution in [2.75, 3.05) is 13.7 Å². The molecule has 0 aliphatic rings. The lowest BCUT2D eigenvalue weighted by Crippen LogP contribution is -2.36. The van der Waals surface area contributed by atoms with Gasteiger partial charge in [0.05, 0.1) is 6.61 Å². The average Bonchev–Trinajstić information content (AvgIpc) is 2.22. The van der Waals surface area contributed by atoms with Crippen molar-refractivity contribution in [3.05, 3.63) is 29.8 Å². The highest BCUT2D eigenvalue weighted by Gasteiger charge is 2.34. The number of aryl methyl sites for hydroxylation is 1. The van der Waals surface area contributed by atoms with Gasteiger partial charge in [-0.15, -0.1) is 11.8 Å². The number of hydrogen-bond donors (Lipinski definition) is 1. The van der Waals surface area contributed by atoms with Crippen LogP contribution in [0.1, 0.15) is 12.5 Å². The van der Waals surface area contributed by atoms with Crippen LogP contribution in [-0.2, 0) is 9.53 Å². The molecule has 0 amide bonds. The number of aliphatic carboxylic acids is 1. The maximum Gasteiger partial charge on any atom is 0.322 e. The second kappa shape index (κ2) is 5.37. The van der Waals surface area contributed by atoms with Crippen LogP contribution in [0.4, 0.5) is 0 Å². The lowest BCUT2D eigenvalue weighted by molar-refractivity contribution is -0.140. The number of thioether (sulfide) groups is 1. The summed E-state index contributed by atoms with van der Waals surface area (Å²) in [6.45, 7) is 3.85. The van der Waals surface area contributed by atoms with Crippen LogP contribution >= 0.6 is 11.8 Å². The SMILES string of the molecule is COCC(C)(Sc1ccc(C)cc1)C(=O)O. The Morgan fingerprint density at radius 1 is 1.44 bits per heavy atom. The Balaban J connectivity index is 2.83. The maximum atomic E-state index is 11.2. The molecule has 0 aliphatic heterocycles. The Kier molecular flexibility index (Phi) is 4.38. The fourth-order valence-electron chi connectivity index (χ4n) is 1.28. The third-order valence-electron chi connectivity index (χ3n) is 2.24. The standard InChI is InChI=1S/C12H16O3S/c1-9-4-6-10(7-5-9)16-12(2,8-15-3)11(13)14/h4-7H,8H2,1-3H3,(H,13,14). The maximum absolute atomic E-state index is 11.2. The normalized spacial score (nSPS) is 14.4. The number of ether oxygens (including phenoxy) is 1. The van der Waals surface area contributed by atoms with E-state index in [0.717, 1.165) is 10.5 Å². The Bertz CT molecular complexity index is 361. The third-order valence-corrected chi connectivity index (χ3v) is 3.49. The zero-order valence-electron chi connectivity index (χ0n) is 9.69. The van der Waals surface area contributed by atoms with E-state index in [9.17, 15) is 9.90 Å². The van der Waals surface area contributed by atoms with E-state index in [-0.39, 0.29) is 6.61 Å². The molecule has 1 N–H and O–H groups in total. The van der Waals surface area contributed by atoms with Gasteiger partial charge in [-0.05, 0) is 26.0 Å². The molecule has 1 unspecified atom stereocenters. The van der Waals surface area contributed by atoms with E-state index in [2.05, 4.69) is 0 Å². The zero-order valence-corrected chi connectivity index (χ0v) is 10.5. The fourth-order valence-corrected chi connectivity index (χ4v) is 2.33. The second-order valence-corrected chi connectivity index (χ2v) is 5.46. The van der Waals surface area contributed by atoms with E-state index in [1.807, 2.05) is 31.2 Å². The summed E-state index contributed by atoms with van der Waals surface area (Å²) in [5.41, 5.74) is 1.16. The van der Waals surface area contributed by atoms with Gasteiger partial charge in [-0.2, -0.15) is 0 Å². The van der Waals surface area contributed by atoms with Crippen molar-refractivity contribution >= 4 is 17.7 Å². The summed E-state index contributed by atoms with van der Waals surface area (Å²) < 4.78 is 4.02. The zero-order chi connectivity index (χ0) is 12.2. The van der Waals surface area contributed by atoms with Crippen LogP contribution in [0.15, 0.2) is 29.2 Å². The molecule has 0 aromatic heterocycles. The van der Waals surface area contributed by atoms with Crippen molar-refractivity contribution < 1.29 is 14.6 Å². The molecule has 1 aromatic rings. The van der Waals surface area contributed by atoms with E-state index >= 15 is 0 Å². The molecule has 16 heavy (non-hydrogen) atoms. The van der Waals surface area contributed by atoms with Gasteiger partial charge in [0.25, 0.3) is 0 Å². The minimum absolute atomic E-state index is 0.181. The molecule has 3 nitrogen and oxygen atoms in total. The van der Waals surface area contributed by atoms with Gasteiger partial charge in [0.2, 0.25) is 0 Å². The highest BCUT2D eigenvalue weighted by molar-refractivity contribution is 8.01. The molecular weight excluding hydrogens is 224 g/mol. The third kappa shape index (κ3) is 3.25. The van der Waals surface area contributed by atoms with Gasteiger partial charge in [-0.1, -0.05) is 17.7 Å². The number of rotatable bonds is 5. The van der Waals surface area contributed by atoms with E-state index in [4.69, 9.17) is 4.74 Å². The van der Waals surface area contributed by atoms with Crippen LogP contribution in [0, 0.1) is 6.92 Å². The molecule has 0 fully saturated rings. The topological polar surface area (TPSA) is 46.5 Å². The Hall–Kier alpha value is -1.00. The molecule has 0 saturated carbocycles. The van der Waals surface area contributed by atoms with Gasteiger partial charge < -0.3 is 9.84 Å². The van der Waals surface area contributed by atoms with E-state index in [1.165, 1.54) is 18.9 Å². The summed E-state index contributed by atoms with van der Waals surface area (Å²) in [5, 5.41) is 9.18. The minimum atomic E-state index is -0.940. The van der Waals surface area contributed by atoms with E-state index in [0.29, 0.717) is 0 Å². The molecule has 0 spiro atoms. The molecule has 0 aliphatic carbocycles. The van der Waals surface area contributed by atoms with Crippen molar-refractivity contribution in [2.45, 2.75) is 23.5 Å². The Labute approximate surface area is 99.8 Å². The first-order valence-electron chi connectivity index (χ1n) is 4.96. The molecule has 4 heteroatoms. The van der Waals surface area contributed by atoms with Gasteiger partial charge in [0, 0.05) is 12.0 Å². The highest BCUT2D eigenvalue weighted by atomic mass is 32.2. The summed E-state index contributed by atoms with van der Waals surface area (Å²) in [6.07, 6.45) is 0. The fraction of sp³-hybridized carbons (Fsp3) is 0.417. The number of carboxylic acid groups (broad SMARTS) is 1. The van der Waals surface area contributed by atoms with Crippen molar-refractivity contribution in [1.82, 2.24) is 0 Å². The molecule has 0 radical (unpaired) electrons. The number of hydrogen-bond acceptors (Lipinski definition) is 3. The molecule has 1 atom stereocenters. The molecule has 0 bridgehead atoms. The number of carbonyl (C=O) groups is 1. The number of benzene rings is 1. The van der Waals surface area contributed by atoms with Crippen LogP contribution < -0.4 is 0 Å². The summed E-state index contributed by atoms with van der Waals surface area (Å²) in [4.78, 5) is 12.1. The van der Waals surface area contributed by atoms with Gasteiger partial charge >= 0.3 is 5.97 Å². The van der Waals surface area contributed by atoms with Crippen LogP contribution in [0.3, 0.4) is 0 Å². The van der Waals surface area contributed by atoms with Gasteiger partial charge in [0.15, 0.2) is 0 Å². The summed E-state index contributed by atoms with van der Waals surface area (Å²) >= 11 is 1.31. The molecule has 1 rings (SSSR count). The largest absolute Gasteiger partial charge is 0.480 e. The highest BCUT2D eigenvalue weighted by Crippen LogP contribution is 2.33. The lowest BCUT2D eigenvalue weighted by atomic mass is 10.2. The number of carboxylic acids is 1. The summed E-state index contributed by atoms with van der Waals surface area (Å²) in [7, 11) is 1.51. The van der Waals surface area contributed by atoms with Crippen LogP contribution in [-0.4, -0.2) is 29.5 Å². The smallest absolute Gasteiger partial charge is 0.322 e. The first-order chi connectivity index (χ1) is 7.48. The Morgan fingerprint density at radius 3 is 2.44 bits per heavy atom. The second-order valence-electron chi connectivity index (χ2n) is 3.88. The van der Waals surface area contributed by atoms with Crippen molar-refractivity contribution in [2.24, 2.45) is 0 Å². The van der Waals surface area contributed by atoms with Gasteiger partial charge in [0.1, 0.15) is 4.75 Å². The minimum Gasteiger partial charge on any atom is -0.480 e. The van der Waals surface area contributed by atoms with Crippen LogP contribution in [0.5, 0.6) is 0 Å². The first-order valence-corrected chi connectivity index (χ1v) is 5.77. The van der Waals surface area contributed by atoms with E-state index < -0.39 is 10.7 Å². The average molecular weight is 240 g/mol. The monoisotopic (exact) mass is 240 g/mol. The molecule has 1 aromatic carbocycles. The van der Waals surface area contributed by atoms with Gasteiger partial charge in [-0.25, -0.2) is 0 Å². The Morgan fingerprint density at radius 2 is 2.00 bits per heavy atom. The molecule has 88 valence electrons. The van der Waals surface area contributed by atoms with Crippen molar-refractivity contribution in [1.29, 1.82) is 0 Å². The van der Waals surface area contributed by atoms with Crippen LogP contribution in [0.25, 0.3) is 0 Å². The molecule has 0 saturated heterocycles. The summed E-state index contributed by atoms with van der Waals surface area (Å²) in [6, 6.07) is 7.79. The summed E-state index contributed by atoms with van der Waals surface area (Å²) in [5.74, 6) is -0.861. The van der Waals surface area contributed by atoms with Gasteiger partial charge in [-0.3, -0.25) is 4.79 Å². The predicted octanol–water partition coefficient (Wildman–Crippen LogP) is 2.58. The quantitative estimate of drug-likeness (QED) is 0.803. The number of methoxy groups -OCH3 is 1. The van der Waals surface area contributed by atoms with Crippen LogP contribution in [0.2, 0.25) is 0 Å². The van der Waals surface area contributed by atoms with Crippen molar-refractivity contribution in [3.8, 4) is 0 Å².